The minimum absolute atomic E-state index is 0. The predicted molar refractivity (Wildman–Crippen MR) is 102 cm³/mol. The quantitative estimate of drug-likeness (QED) is 0.223. The molecule has 0 saturated heterocycles. The van der Waals surface area contributed by atoms with Crippen molar-refractivity contribution in [1.82, 2.24) is 0 Å². The Hall–Kier alpha value is -2.15. The minimum atomic E-state index is -0.503. The number of hydrogen-bond donors (Lipinski definition) is 0. The zero-order chi connectivity index (χ0) is 18.5. The normalized spacial score (nSPS) is 10.5. The molecule has 3 aromatic carbocycles. The molecule has 134 valence electrons. The first-order valence-electron chi connectivity index (χ1n) is 8.34. The number of aryl methyl sites for hydroxylation is 2. The van der Waals surface area contributed by atoms with Gasteiger partial charge in [0.2, 0.25) is 0 Å². The summed E-state index contributed by atoms with van der Waals surface area (Å²) in [5.74, 6) is -0.356. The van der Waals surface area contributed by atoms with E-state index in [2.05, 4.69) is 0 Å². The Morgan fingerprint density at radius 2 is 1.48 bits per heavy atom. The third-order valence-electron chi connectivity index (χ3n) is 4.01. The number of halogens is 1. The zero-order valence-corrected chi connectivity index (χ0v) is 19.4. The number of carbonyl (C=O) groups is 1. The molecule has 0 radical (unpaired) electrons. The van der Waals surface area contributed by atoms with Crippen molar-refractivity contribution in [1.29, 1.82) is 0 Å². The van der Waals surface area contributed by atoms with Crippen molar-refractivity contribution in [2.24, 2.45) is 0 Å². The first-order valence-corrected chi connectivity index (χ1v) is 8.34. The smallest absolute Gasteiger partial charge is 0.336 e. The summed E-state index contributed by atoms with van der Waals surface area (Å²) in [4.78, 5) is 11.9. The molecule has 0 N–H and O–H groups in total. The van der Waals surface area contributed by atoms with Gasteiger partial charge in [0.1, 0.15) is 11.6 Å². The van der Waals surface area contributed by atoms with Crippen LogP contribution in [0.5, 0.6) is 5.75 Å². The van der Waals surface area contributed by atoms with Crippen molar-refractivity contribution >= 4 is 12.0 Å². The molecule has 4 heteroatoms. The number of esters is 1. The van der Waals surface area contributed by atoms with Gasteiger partial charge in [-0.1, -0.05) is 59.7 Å². The topological polar surface area (TPSA) is 26.3 Å². The van der Waals surface area contributed by atoms with Gasteiger partial charge in [-0.05, 0) is 49.2 Å². The number of carbonyl (C=O) groups excluding carboxylic acids is 1. The zero-order valence-electron chi connectivity index (χ0n) is 15.2. The maximum absolute atomic E-state index is 14.4. The van der Waals surface area contributed by atoms with Crippen molar-refractivity contribution in [3.63, 3.8) is 0 Å². The summed E-state index contributed by atoms with van der Waals surface area (Å²) in [6, 6.07) is 19.8. The number of hydrogen-bond acceptors (Lipinski definition) is 2. The third kappa shape index (κ3) is 5.92. The molecular formula is C23H19FO2U. The fourth-order valence-electron chi connectivity index (χ4n) is 2.52. The molecule has 0 aliphatic heterocycles. The predicted octanol–water partition coefficient (Wildman–Crippen LogP) is 5.73. The SMILES string of the molecule is Cc1ccc(OC(=O)/C=C/c2ccc(-c3ccc(C)cc3)c(F)c2)cc1.[U]. The van der Waals surface area contributed by atoms with E-state index in [0.717, 1.165) is 16.7 Å². The summed E-state index contributed by atoms with van der Waals surface area (Å²) in [7, 11) is 0. The number of ether oxygens (including phenoxy) is 1. The summed E-state index contributed by atoms with van der Waals surface area (Å²) >= 11 is 0. The fraction of sp³-hybridized carbons (Fsp3) is 0.0870. The van der Waals surface area contributed by atoms with Gasteiger partial charge >= 0.3 is 5.97 Å². The Kier molecular flexibility index (Phi) is 7.59. The van der Waals surface area contributed by atoms with Crippen molar-refractivity contribution < 1.29 is 45.0 Å². The fourth-order valence-corrected chi connectivity index (χ4v) is 2.52. The Labute approximate surface area is 182 Å². The molecule has 0 amide bonds. The van der Waals surface area contributed by atoms with E-state index < -0.39 is 5.97 Å². The van der Waals surface area contributed by atoms with Gasteiger partial charge in [0.25, 0.3) is 0 Å². The molecule has 0 aliphatic rings. The van der Waals surface area contributed by atoms with Crippen molar-refractivity contribution in [3.05, 3.63) is 95.3 Å². The first kappa shape index (κ1) is 21.2. The monoisotopic (exact) mass is 584 g/mol. The molecule has 3 rings (SSSR count). The maximum atomic E-state index is 14.4. The van der Waals surface area contributed by atoms with Crippen LogP contribution in [0.25, 0.3) is 17.2 Å². The van der Waals surface area contributed by atoms with Crippen molar-refractivity contribution in [2.75, 3.05) is 0 Å². The van der Waals surface area contributed by atoms with Crippen LogP contribution >= 0.6 is 0 Å². The molecule has 0 heterocycles. The molecule has 0 aliphatic carbocycles. The van der Waals surface area contributed by atoms with Gasteiger partial charge in [0.15, 0.2) is 0 Å². The van der Waals surface area contributed by atoms with Crippen LogP contribution in [0.4, 0.5) is 4.39 Å². The summed E-state index contributed by atoms with van der Waals surface area (Å²) < 4.78 is 19.6. The van der Waals surface area contributed by atoms with Crippen molar-refractivity contribution in [2.45, 2.75) is 13.8 Å². The van der Waals surface area contributed by atoms with Crippen LogP contribution < -0.4 is 4.74 Å². The Morgan fingerprint density at radius 1 is 0.889 bits per heavy atom. The minimum Gasteiger partial charge on any atom is -0.423 e. The Balaban J connectivity index is 0.00000261. The van der Waals surface area contributed by atoms with Crippen LogP contribution in [0.3, 0.4) is 0 Å². The van der Waals surface area contributed by atoms with E-state index in [1.165, 1.54) is 12.1 Å². The van der Waals surface area contributed by atoms with Gasteiger partial charge in [-0.3, -0.25) is 0 Å². The molecule has 0 aromatic heterocycles. The van der Waals surface area contributed by atoms with Gasteiger partial charge < -0.3 is 4.74 Å². The van der Waals surface area contributed by atoms with Crippen LogP contribution in [0.1, 0.15) is 16.7 Å². The second-order valence-corrected chi connectivity index (χ2v) is 6.17. The van der Waals surface area contributed by atoms with Crippen LogP contribution in [0.2, 0.25) is 0 Å². The average Bonchev–Trinajstić information content (AvgIpc) is 2.63. The second kappa shape index (κ2) is 9.69. The van der Waals surface area contributed by atoms with E-state index >= 15 is 0 Å². The molecule has 27 heavy (non-hydrogen) atoms. The Morgan fingerprint density at radius 3 is 2.07 bits per heavy atom. The standard InChI is InChI=1S/C23H19FO2.U/c1-16-3-9-19(10-4-16)21-13-7-18(15-22(21)24)8-14-23(25)26-20-11-5-17(2)6-12-20;/h3-15H,1-2H3;/b14-8+;. The second-order valence-electron chi connectivity index (χ2n) is 6.17. The van der Waals surface area contributed by atoms with Crippen molar-refractivity contribution in [3.8, 4) is 16.9 Å². The Bertz CT molecular complexity index is 945. The van der Waals surface area contributed by atoms with Gasteiger partial charge in [0.05, 0.1) is 0 Å². The third-order valence-corrected chi connectivity index (χ3v) is 4.01. The number of rotatable bonds is 4. The molecule has 0 atom stereocenters. The summed E-state index contributed by atoms with van der Waals surface area (Å²) in [6.45, 7) is 3.95. The maximum Gasteiger partial charge on any atom is 0.336 e. The van der Waals surface area contributed by atoms with E-state index in [1.54, 1.807) is 30.3 Å². The van der Waals surface area contributed by atoms with Crippen LogP contribution in [0, 0.1) is 50.8 Å². The molecule has 2 nitrogen and oxygen atoms in total. The van der Waals surface area contributed by atoms with Crippen LogP contribution in [-0.2, 0) is 4.79 Å². The summed E-state index contributed by atoms with van der Waals surface area (Å²) in [5, 5.41) is 0. The number of benzene rings is 3. The molecule has 0 fully saturated rings. The molecule has 3 aromatic rings. The van der Waals surface area contributed by atoms with Gasteiger partial charge in [0, 0.05) is 42.8 Å². The van der Waals surface area contributed by atoms with E-state index in [0.29, 0.717) is 16.9 Å². The van der Waals surface area contributed by atoms with E-state index in [-0.39, 0.29) is 36.9 Å². The van der Waals surface area contributed by atoms with Gasteiger partial charge in [-0.2, -0.15) is 0 Å². The molecular weight excluding hydrogens is 565 g/mol. The van der Waals surface area contributed by atoms with Crippen LogP contribution in [-0.4, -0.2) is 5.97 Å². The molecule has 0 bridgehead atoms. The summed E-state index contributed by atoms with van der Waals surface area (Å²) in [5.41, 5.74) is 4.16. The molecule has 0 saturated carbocycles. The molecule has 0 unspecified atom stereocenters. The largest absolute Gasteiger partial charge is 0.423 e. The van der Waals surface area contributed by atoms with Gasteiger partial charge in [-0.15, -0.1) is 0 Å². The molecule has 0 spiro atoms. The van der Waals surface area contributed by atoms with Gasteiger partial charge in [-0.25, -0.2) is 9.18 Å². The van der Waals surface area contributed by atoms with E-state index in [9.17, 15) is 9.18 Å². The average molecular weight is 584 g/mol. The van der Waals surface area contributed by atoms with E-state index in [1.807, 2.05) is 50.2 Å². The first-order chi connectivity index (χ1) is 12.5. The van der Waals surface area contributed by atoms with E-state index in [4.69, 9.17) is 4.74 Å². The van der Waals surface area contributed by atoms with Crippen LogP contribution in [0.15, 0.2) is 72.8 Å². The summed E-state index contributed by atoms with van der Waals surface area (Å²) in [6.07, 6.45) is 2.83.